The van der Waals surface area contributed by atoms with E-state index < -0.39 is 0 Å². The highest BCUT2D eigenvalue weighted by Crippen LogP contribution is 2.16. The average Bonchev–Trinajstić information content (AvgIpc) is 2.52. The van der Waals surface area contributed by atoms with Crippen LogP contribution in [0.25, 0.3) is 0 Å². The number of ether oxygens (including phenoxy) is 1. The summed E-state index contributed by atoms with van der Waals surface area (Å²) in [6, 6.07) is 14.0. The molecule has 1 aromatic heterocycles. The Morgan fingerprint density at radius 1 is 1.15 bits per heavy atom. The normalized spacial score (nSPS) is 10.3. The van der Waals surface area contributed by atoms with E-state index in [1.165, 1.54) is 0 Å². The Morgan fingerprint density at radius 3 is 2.55 bits per heavy atom. The van der Waals surface area contributed by atoms with E-state index in [1.54, 1.807) is 6.20 Å². The molecule has 4 nitrogen and oxygen atoms in total. The van der Waals surface area contributed by atoms with Gasteiger partial charge in [0, 0.05) is 19.6 Å². The molecule has 0 unspecified atom stereocenters. The maximum atomic E-state index is 5.71. The van der Waals surface area contributed by atoms with E-state index in [0.717, 1.165) is 30.2 Å². The number of aromatic nitrogens is 1. The number of nitrogens with zero attached hydrogens (tertiary/aromatic N) is 2. The minimum atomic E-state index is 0.558. The molecule has 0 fully saturated rings. The molecule has 0 saturated carbocycles. The SMILES string of the molecule is CCN(CCN)c1ccc(OCc2ccccc2)cn1. The summed E-state index contributed by atoms with van der Waals surface area (Å²) in [7, 11) is 0. The number of rotatable bonds is 7. The van der Waals surface area contributed by atoms with Crippen molar-refractivity contribution >= 4 is 5.82 Å². The van der Waals surface area contributed by atoms with E-state index >= 15 is 0 Å². The Labute approximate surface area is 120 Å². The second kappa shape index (κ2) is 7.50. The third-order valence-electron chi connectivity index (χ3n) is 3.07. The van der Waals surface area contributed by atoms with Gasteiger partial charge in [0.2, 0.25) is 0 Å². The van der Waals surface area contributed by atoms with Gasteiger partial charge in [-0.15, -0.1) is 0 Å². The first kappa shape index (κ1) is 14.3. The average molecular weight is 271 g/mol. The Hall–Kier alpha value is -2.07. The van der Waals surface area contributed by atoms with Crippen molar-refractivity contribution in [2.24, 2.45) is 5.73 Å². The molecule has 2 N–H and O–H groups in total. The van der Waals surface area contributed by atoms with Gasteiger partial charge in [-0.25, -0.2) is 4.98 Å². The van der Waals surface area contributed by atoms with Gasteiger partial charge in [0.25, 0.3) is 0 Å². The molecule has 106 valence electrons. The molecule has 0 atom stereocenters. The highest BCUT2D eigenvalue weighted by Gasteiger charge is 2.04. The lowest BCUT2D eigenvalue weighted by Crippen LogP contribution is -2.29. The third-order valence-corrected chi connectivity index (χ3v) is 3.07. The topological polar surface area (TPSA) is 51.4 Å². The van der Waals surface area contributed by atoms with Gasteiger partial charge < -0.3 is 15.4 Å². The lowest BCUT2D eigenvalue weighted by molar-refractivity contribution is 0.305. The molecule has 1 aromatic carbocycles. The summed E-state index contributed by atoms with van der Waals surface area (Å²) < 4.78 is 5.71. The highest BCUT2D eigenvalue weighted by molar-refractivity contribution is 5.40. The predicted octanol–water partition coefficient (Wildman–Crippen LogP) is 2.45. The van der Waals surface area contributed by atoms with Gasteiger partial charge >= 0.3 is 0 Å². The van der Waals surface area contributed by atoms with Crippen molar-refractivity contribution < 1.29 is 4.74 Å². The van der Waals surface area contributed by atoms with Crippen LogP contribution in [0.5, 0.6) is 5.75 Å². The summed E-state index contributed by atoms with van der Waals surface area (Å²) in [5.41, 5.74) is 6.74. The van der Waals surface area contributed by atoms with E-state index in [2.05, 4.69) is 16.8 Å². The summed E-state index contributed by atoms with van der Waals surface area (Å²) in [6.45, 7) is 4.99. The molecule has 0 radical (unpaired) electrons. The maximum absolute atomic E-state index is 5.71. The first-order chi connectivity index (χ1) is 9.83. The van der Waals surface area contributed by atoms with E-state index in [9.17, 15) is 0 Å². The second-order valence-corrected chi connectivity index (χ2v) is 4.49. The summed E-state index contributed by atoms with van der Waals surface area (Å²) in [5, 5.41) is 0. The first-order valence-corrected chi connectivity index (χ1v) is 6.91. The largest absolute Gasteiger partial charge is 0.487 e. The number of nitrogens with two attached hydrogens (primary N) is 1. The molecule has 1 heterocycles. The van der Waals surface area contributed by atoms with Crippen molar-refractivity contribution in [3.63, 3.8) is 0 Å². The van der Waals surface area contributed by atoms with Crippen molar-refractivity contribution in [2.75, 3.05) is 24.5 Å². The zero-order valence-corrected chi connectivity index (χ0v) is 11.8. The molecule has 0 aliphatic rings. The molecular weight excluding hydrogens is 250 g/mol. The van der Waals surface area contributed by atoms with Crippen molar-refractivity contribution in [1.29, 1.82) is 0 Å². The molecule has 0 amide bonds. The smallest absolute Gasteiger partial charge is 0.138 e. The van der Waals surface area contributed by atoms with Crippen molar-refractivity contribution in [3.8, 4) is 5.75 Å². The van der Waals surface area contributed by atoms with Crippen molar-refractivity contribution in [1.82, 2.24) is 4.98 Å². The zero-order valence-electron chi connectivity index (χ0n) is 11.8. The lowest BCUT2D eigenvalue weighted by Gasteiger charge is -2.21. The fraction of sp³-hybridized carbons (Fsp3) is 0.312. The summed E-state index contributed by atoms with van der Waals surface area (Å²) in [4.78, 5) is 6.57. The fourth-order valence-corrected chi connectivity index (χ4v) is 1.98. The number of hydrogen-bond acceptors (Lipinski definition) is 4. The molecule has 2 aromatic rings. The quantitative estimate of drug-likeness (QED) is 0.840. The van der Waals surface area contributed by atoms with E-state index in [1.807, 2.05) is 42.5 Å². The molecule has 2 rings (SSSR count). The number of anilines is 1. The van der Waals surface area contributed by atoms with Crippen LogP contribution >= 0.6 is 0 Å². The molecule has 20 heavy (non-hydrogen) atoms. The van der Waals surface area contributed by atoms with Crippen LogP contribution in [0.4, 0.5) is 5.82 Å². The first-order valence-electron chi connectivity index (χ1n) is 6.91. The van der Waals surface area contributed by atoms with Crippen molar-refractivity contribution in [2.45, 2.75) is 13.5 Å². The molecule has 0 saturated heterocycles. The molecule has 0 aliphatic heterocycles. The molecule has 4 heteroatoms. The van der Waals surface area contributed by atoms with Crippen LogP contribution in [0.1, 0.15) is 12.5 Å². The van der Waals surface area contributed by atoms with Gasteiger partial charge in [-0.3, -0.25) is 0 Å². The fourth-order valence-electron chi connectivity index (χ4n) is 1.98. The van der Waals surface area contributed by atoms with Crippen LogP contribution in [0, 0.1) is 0 Å². The second-order valence-electron chi connectivity index (χ2n) is 4.49. The number of pyridine rings is 1. The number of hydrogen-bond donors (Lipinski definition) is 1. The van der Waals surface area contributed by atoms with Crippen LogP contribution in [-0.2, 0) is 6.61 Å². The zero-order chi connectivity index (χ0) is 14.2. The number of benzene rings is 1. The Morgan fingerprint density at radius 2 is 1.95 bits per heavy atom. The van der Waals surface area contributed by atoms with E-state index in [4.69, 9.17) is 10.5 Å². The third kappa shape index (κ3) is 3.96. The Balaban J connectivity index is 1.94. The highest BCUT2D eigenvalue weighted by atomic mass is 16.5. The monoisotopic (exact) mass is 271 g/mol. The van der Waals surface area contributed by atoms with Crippen LogP contribution in [-0.4, -0.2) is 24.6 Å². The van der Waals surface area contributed by atoms with E-state index in [0.29, 0.717) is 13.2 Å². The summed E-state index contributed by atoms with van der Waals surface area (Å²) >= 11 is 0. The maximum Gasteiger partial charge on any atom is 0.138 e. The molecule has 0 spiro atoms. The standard InChI is InChI=1S/C16H21N3O/c1-2-19(11-10-17)16-9-8-15(12-18-16)20-13-14-6-4-3-5-7-14/h3-9,12H,2,10-11,13,17H2,1H3. The number of likely N-dealkylation sites (N-methyl/N-ethyl adjacent to an activating group) is 1. The van der Waals surface area contributed by atoms with Crippen LogP contribution in [0.2, 0.25) is 0 Å². The van der Waals surface area contributed by atoms with E-state index in [-0.39, 0.29) is 0 Å². The Kier molecular flexibility index (Phi) is 5.38. The molecular formula is C16H21N3O. The summed E-state index contributed by atoms with van der Waals surface area (Å²) in [5.74, 6) is 1.71. The summed E-state index contributed by atoms with van der Waals surface area (Å²) in [6.07, 6.45) is 1.76. The van der Waals surface area contributed by atoms with Gasteiger partial charge in [0.15, 0.2) is 0 Å². The molecule has 0 aliphatic carbocycles. The van der Waals surface area contributed by atoms with Crippen LogP contribution in [0.15, 0.2) is 48.7 Å². The molecule has 0 bridgehead atoms. The Bertz CT molecular complexity index is 499. The lowest BCUT2D eigenvalue weighted by atomic mass is 10.2. The van der Waals surface area contributed by atoms with Gasteiger partial charge in [-0.2, -0.15) is 0 Å². The minimum absolute atomic E-state index is 0.558. The van der Waals surface area contributed by atoms with Crippen molar-refractivity contribution in [3.05, 3.63) is 54.2 Å². The van der Waals surface area contributed by atoms with Gasteiger partial charge in [0.05, 0.1) is 6.20 Å². The van der Waals surface area contributed by atoms with Gasteiger partial charge in [-0.05, 0) is 24.6 Å². The predicted molar refractivity (Wildman–Crippen MR) is 82.0 cm³/mol. The van der Waals surface area contributed by atoms with Gasteiger partial charge in [-0.1, -0.05) is 30.3 Å². The van der Waals surface area contributed by atoms with Crippen LogP contribution in [0.3, 0.4) is 0 Å². The van der Waals surface area contributed by atoms with Crippen LogP contribution < -0.4 is 15.4 Å². The minimum Gasteiger partial charge on any atom is -0.487 e. The van der Waals surface area contributed by atoms with Gasteiger partial charge in [0.1, 0.15) is 18.2 Å².